The minimum atomic E-state index is -0.341. The lowest BCUT2D eigenvalue weighted by Crippen LogP contribution is -2.14. The number of fused-ring (bicyclic) bond motifs is 2. The second-order valence-corrected chi connectivity index (χ2v) is 9.96. The van der Waals surface area contributed by atoms with Gasteiger partial charge < -0.3 is 16.4 Å². The number of anilines is 4. The van der Waals surface area contributed by atoms with E-state index in [0.29, 0.717) is 28.3 Å². The number of nitrogen functional groups attached to an aromatic ring is 1. The number of rotatable bonds is 6. The molecule has 0 aliphatic heterocycles. The lowest BCUT2D eigenvalue weighted by Gasteiger charge is -2.10. The average Bonchev–Trinajstić information content (AvgIpc) is 3.50. The number of amides is 1. The van der Waals surface area contributed by atoms with E-state index in [1.54, 1.807) is 15.9 Å². The number of carbonyl (C=O) groups is 1. The molecule has 6 rings (SSSR count). The Labute approximate surface area is 220 Å². The van der Waals surface area contributed by atoms with Crippen LogP contribution in [-0.2, 0) is 0 Å². The first-order chi connectivity index (χ1) is 18.1. The minimum absolute atomic E-state index is 0.288. The summed E-state index contributed by atoms with van der Waals surface area (Å²) in [6, 6.07) is 26.8. The third-order valence-electron chi connectivity index (χ3n) is 5.75. The van der Waals surface area contributed by atoms with Gasteiger partial charge in [0.15, 0.2) is 11.5 Å². The van der Waals surface area contributed by atoms with Crippen LogP contribution < -0.4 is 16.4 Å². The number of para-hydroxylation sites is 3. The zero-order chi connectivity index (χ0) is 25.4. The minimum Gasteiger partial charge on any atom is -0.383 e. The summed E-state index contributed by atoms with van der Waals surface area (Å²) in [6.07, 6.45) is 1.95. The van der Waals surface area contributed by atoms with Crippen molar-refractivity contribution < 1.29 is 4.79 Å². The molecule has 37 heavy (non-hydrogen) atoms. The van der Waals surface area contributed by atoms with Crippen molar-refractivity contribution in [3.63, 3.8) is 0 Å². The van der Waals surface area contributed by atoms with Crippen LogP contribution in [0.25, 0.3) is 26.4 Å². The van der Waals surface area contributed by atoms with E-state index in [9.17, 15) is 4.79 Å². The molecule has 0 radical (unpaired) electrons. The van der Waals surface area contributed by atoms with Gasteiger partial charge >= 0.3 is 0 Å². The summed E-state index contributed by atoms with van der Waals surface area (Å²) in [7, 11) is 0. The van der Waals surface area contributed by atoms with E-state index in [2.05, 4.69) is 15.6 Å². The number of hydrogen-bond donors (Lipinski definition) is 3. The zero-order valence-corrected chi connectivity index (χ0v) is 21.3. The molecular formula is C27H21N7OS2. The number of hydrogen-bond acceptors (Lipinski definition) is 8. The monoisotopic (exact) mass is 523 g/mol. The van der Waals surface area contributed by atoms with E-state index in [4.69, 9.17) is 15.8 Å². The van der Waals surface area contributed by atoms with E-state index in [1.165, 1.54) is 11.8 Å². The predicted octanol–water partition coefficient (Wildman–Crippen LogP) is 6.31. The van der Waals surface area contributed by atoms with Gasteiger partial charge in [-0.2, -0.15) is 0 Å². The fraction of sp³-hybridized carbons (Fsp3) is 0.0370. The number of nitrogens with zero attached hydrogens (tertiary/aromatic N) is 4. The second kappa shape index (κ2) is 9.57. The van der Waals surface area contributed by atoms with Crippen LogP contribution in [0.1, 0.15) is 10.4 Å². The first-order valence-corrected chi connectivity index (χ1v) is 13.5. The molecule has 0 unspecified atom stereocenters. The molecule has 0 atom stereocenters. The normalized spacial score (nSPS) is 11.2. The SMILES string of the molecule is CSc1c(-c2nc3ccccc3s2)c(N)nc2c(C(=O)Nc3ccccc3)c(Nc3ccccc3)nn12. The molecule has 6 aromatic rings. The van der Waals surface area contributed by atoms with Gasteiger partial charge in [-0.3, -0.25) is 4.79 Å². The van der Waals surface area contributed by atoms with Gasteiger partial charge in [-0.1, -0.05) is 48.5 Å². The molecule has 8 nitrogen and oxygen atoms in total. The zero-order valence-electron chi connectivity index (χ0n) is 19.7. The summed E-state index contributed by atoms with van der Waals surface area (Å²) < 4.78 is 2.73. The molecule has 182 valence electrons. The summed E-state index contributed by atoms with van der Waals surface area (Å²) in [6.45, 7) is 0. The summed E-state index contributed by atoms with van der Waals surface area (Å²) >= 11 is 3.02. The first-order valence-electron chi connectivity index (χ1n) is 11.4. The lowest BCUT2D eigenvalue weighted by molar-refractivity contribution is 0.102. The van der Waals surface area contributed by atoms with Crippen molar-refractivity contribution in [1.29, 1.82) is 0 Å². The third kappa shape index (κ3) is 4.26. The van der Waals surface area contributed by atoms with E-state index in [0.717, 1.165) is 25.9 Å². The quantitative estimate of drug-likeness (QED) is 0.173. The maximum Gasteiger partial charge on any atom is 0.263 e. The molecule has 3 heterocycles. The summed E-state index contributed by atoms with van der Waals surface area (Å²) in [5.41, 5.74) is 10.3. The largest absolute Gasteiger partial charge is 0.383 e. The molecule has 10 heteroatoms. The Kier molecular flexibility index (Phi) is 5.95. The van der Waals surface area contributed by atoms with Crippen LogP contribution in [0, 0.1) is 0 Å². The number of thioether (sulfide) groups is 1. The molecule has 0 bridgehead atoms. The number of carbonyl (C=O) groups excluding carboxylic acids is 1. The van der Waals surface area contributed by atoms with Crippen molar-refractivity contribution in [2.24, 2.45) is 0 Å². The van der Waals surface area contributed by atoms with Crippen molar-refractivity contribution in [2.45, 2.75) is 5.03 Å². The summed E-state index contributed by atoms with van der Waals surface area (Å²) in [5, 5.41) is 12.5. The van der Waals surface area contributed by atoms with E-state index in [1.807, 2.05) is 91.2 Å². The van der Waals surface area contributed by atoms with Crippen LogP contribution in [-0.4, -0.2) is 31.7 Å². The van der Waals surface area contributed by atoms with E-state index in [-0.39, 0.29) is 11.7 Å². The van der Waals surface area contributed by atoms with Crippen LogP contribution in [0.4, 0.5) is 23.0 Å². The molecule has 0 aliphatic carbocycles. The lowest BCUT2D eigenvalue weighted by atomic mass is 10.2. The summed E-state index contributed by atoms with van der Waals surface area (Å²) in [5.74, 6) is 0.324. The molecule has 0 spiro atoms. The van der Waals surface area contributed by atoms with Gasteiger partial charge in [0.05, 0.1) is 15.8 Å². The Morgan fingerprint density at radius 3 is 2.30 bits per heavy atom. The molecule has 3 aromatic heterocycles. The van der Waals surface area contributed by atoms with Gasteiger partial charge in [0.25, 0.3) is 5.91 Å². The third-order valence-corrected chi connectivity index (χ3v) is 7.56. The van der Waals surface area contributed by atoms with Gasteiger partial charge in [0.2, 0.25) is 0 Å². The van der Waals surface area contributed by atoms with E-state index < -0.39 is 0 Å². The number of benzene rings is 3. The highest BCUT2D eigenvalue weighted by Crippen LogP contribution is 2.40. The van der Waals surface area contributed by atoms with Crippen molar-refractivity contribution >= 4 is 67.9 Å². The second-order valence-electron chi connectivity index (χ2n) is 8.14. The van der Waals surface area contributed by atoms with Crippen LogP contribution in [0.5, 0.6) is 0 Å². The molecule has 3 aromatic carbocycles. The maximum absolute atomic E-state index is 13.6. The molecular weight excluding hydrogens is 502 g/mol. The smallest absolute Gasteiger partial charge is 0.263 e. The molecule has 0 saturated heterocycles. The van der Waals surface area contributed by atoms with Crippen LogP contribution in [0.15, 0.2) is 90.0 Å². The Balaban J connectivity index is 1.55. The van der Waals surface area contributed by atoms with Crippen LogP contribution >= 0.6 is 23.1 Å². The van der Waals surface area contributed by atoms with Crippen LogP contribution in [0.2, 0.25) is 0 Å². The molecule has 0 saturated carbocycles. The first kappa shape index (κ1) is 23.0. The van der Waals surface area contributed by atoms with Crippen molar-refractivity contribution in [3.8, 4) is 10.6 Å². The topological polar surface area (TPSA) is 110 Å². The van der Waals surface area contributed by atoms with Gasteiger partial charge in [0, 0.05) is 11.4 Å². The van der Waals surface area contributed by atoms with Crippen molar-refractivity contribution in [2.75, 3.05) is 22.6 Å². The number of nitrogens with two attached hydrogens (primary N) is 1. The maximum atomic E-state index is 13.6. The molecule has 0 aliphatic rings. The van der Waals surface area contributed by atoms with Gasteiger partial charge in [-0.05, 0) is 42.7 Å². The summed E-state index contributed by atoms with van der Waals surface area (Å²) in [4.78, 5) is 23.1. The Bertz CT molecular complexity index is 1710. The highest BCUT2D eigenvalue weighted by atomic mass is 32.2. The van der Waals surface area contributed by atoms with E-state index >= 15 is 0 Å². The number of nitrogens with one attached hydrogen (secondary N) is 2. The standard InChI is InChI=1S/C27H21N7OS2/c1-36-27-20(26-31-18-14-8-9-15-19(18)37-26)22(28)32-24-21(25(35)30-17-12-6-3-7-13-17)23(33-34(24)27)29-16-10-4-2-5-11-16/h2-15H,1H3,(H2,28,32)(H,29,33)(H,30,35). The fourth-order valence-corrected chi connectivity index (χ4v) is 5.87. The van der Waals surface area contributed by atoms with Gasteiger partial charge in [-0.25, -0.2) is 14.5 Å². The Morgan fingerprint density at radius 2 is 1.59 bits per heavy atom. The predicted molar refractivity (Wildman–Crippen MR) is 152 cm³/mol. The Hall–Kier alpha value is -4.41. The number of aromatic nitrogens is 4. The van der Waals surface area contributed by atoms with Crippen LogP contribution in [0.3, 0.4) is 0 Å². The molecule has 1 amide bonds. The highest BCUT2D eigenvalue weighted by molar-refractivity contribution is 7.98. The molecule has 4 N–H and O–H groups in total. The van der Waals surface area contributed by atoms with Crippen molar-refractivity contribution in [1.82, 2.24) is 19.6 Å². The van der Waals surface area contributed by atoms with Gasteiger partial charge in [0.1, 0.15) is 21.4 Å². The highest BCUT2D eigenvalue weighted by Gasteiger charge is 2.27. The molecule has 0 fully saturated rings. The fourth-order valence-electron chi connectivity index (χ4n) is 4.08. The average molecular weight is 524 g/mol. The van der Waals surface area contributed by atoms with Crippen molar-refractivity contribution in [3.05, 3.63) is 90.5 Å². The number of thiazole rings is 1. The van der Waals surface area contributed by atoms with Gasteiger partial charge in [-0.15, -0.1) is 28.2 Å². The Morgan fingerprint density at radius 1 is 0.919 bits per heavy atom.